The number of carbonyl (C=O) groups is 3. The van der Waals surface area contributed by atoms with Crippen molar-refractivity contribution >= 4 is 17.7 Å². The number of nitrogens with zero attached hydrogens (tertiary/aromatic N) is 1. The van der Waals surface area contributed by atoms with Gasteiger partial charge in [-0.15, -0.1) is 0 Å². The molecule has 29 heavy (non-hydrogen) atoms. The van der Waals surface area contributed by atoms with Gasteiger partial charge >= 0.3 is 0 Å². The zero-order valence-corrected chi connectivity index (χ0v) is 16.8. The number of nitrogens with one attached hydrogen (secondary N) is 1. The third kappa shape index (κ3) is 3.95. The summed E-state index contributed by atoms with van der Waals surface area (Å²) in [5.74, 6) is 0.729. The molecule has 3 amide bonds. The number of benzene rings is 1. The highest BCUT2D eigenvalue weighted by Crippen LogP contribution is 2.38. The number of rotatable bonds is 6. The van der Waals surface area contributed by atoms with Crippen LogP contribution in [0.3, 0.4) is 0 Å². The molecule has 0 radical (unpaired) electrons. The summed E-state index contributed by atoms with van der Waals surface area (Å²) in [6.07, 6.45) is 4.43. The van der Waals surface area contributed by atoms with Gasteiger partial charge < -0.3 is 14.8 Å². The highest BCUT2D eigenvalue weighted by atomic mass is 16.6. The van der Waals surface area contributed by atoms with Crippen molar-refractivity contribution in [1.82, 2.24) is 10.2 Å². The first-order valence-corrected chi connectivity index (χ1v) is 10.6. The molecule has 4 rings (SSSR count). The van der Waals surface area contributed by atoms with Crippen LogP contribution in [0, 0.1) is 11.8 Å². The Bertz CT molecular complexity index is 784. The van der Waals surface area contributed by atoms with Crippen LogP contribution < -0.4 is 14.8 Å². The Morgan fingerprint density at radius 2 is 1.76 bits per heavy atom. The molecule has 1 saturated carbocycles. The Balaban J connectivity index is 1.35. The maximum atomic E-state index is 12.5. The van der Waals surface area contributed by atoms with E-state index in [2.05, 4.69) is 5.32 Å². The van der Waals surface area contributed by atoms with Gasteiger partial charge in [-0.05, 0) is 37.0 Å². The first-order chi connectivity index (χ1) is 14.1. The Morgan fingerprint density at radius 1 is 1.10 bits per heavy atom. The second kappa shape index (κ2) is 8.43. The van der Waals surface area contributed by atoms with Gasteiger partial charge in [0, 0.05) is 13.0 Å². The first-order valence-electron chi connectivity index (χ1n) is 10.6. The summed E-state index contributed by atoms with van der Waals surface area (Å²) in [6.45, 7) is 3.21. The Morgan fingerprint density at radius 3 is 2.41 bits per heavy atom. The lowest BCUT2D eigenvalue weighted by Gasteiger charge is -2.22. The fourth-order valence-electron chi connectivity index (χ4n) is 4.63. The molecule has 7 nitrogen and oxygen atoms in total. The molecular weight excluding hydrogens is 372 g/mol. The van der Waals surface area contributed by atoms with Crippen LogP contribution >= 0.6 is 0 Å². The average Bonchev–Trinajstić information content (AvgIpc) is 3.00. The predicted molar refractivity (Wildman–Crippen MR) is 105 cm³/mol. The van der Waals surface area contributed by atoms with Crippen molar-refractivity contribution in [3.8, 4) is 11.5 Å². The van der Waals surface area contributed by atoms with E-state index in [1.807, 2.05) is 25.1 Å². The van der Waals surface area contributed by atoms with E-state index in [-0.39, 0.29) is 48.6 Å². The van der Waals surface area contributed by atoms with Crippen LogP contribution in [-0.4, -0.2) is 42.4 Å². The summed E-state index contributed by atoms with van der Waals surface area (Å²) >= 11 is 0. The quantitative estimate of drug-likeness (QED) is 0.742. The lowest BCUT2D eigenvalue weighted by atomic mass is 9.81. The molecule has 1 aromatic carbocycles. The van der Waals surface area contributed by atoms with Crippen molar-refractivity contribution in [1.29, 1.82) is 0 Å². The molecule has 7 heteroatoms. The Kier molecular flexibility index (Phi) is 5.74. The molecule has 1 saturated heterocycles. The summed E-state index contributed by atoms with van der Waals surface area (Å²) in [5.41, 5.74) is 0.949. The van der Waals surface area contributed by atoms with Crippen LogP contribution in [-0.2, 0) is 14.4 Å². The molecule has 156 valence electrons. The van der Waals surface area contributed by atoms with Crippen LogP contribution in [0.15, 0.2) is 18.2 Å². The van der Waals surface area contributed by atoms with Gasteiger partial charge in [0.15, 0.2) is 11.5 Å². The number of hydrogen-bond donors (Lipinski definition) is 1. The molecule has 0 spiro atoms. The van der Waals surface area contributed by atoms with Crippen molar-refractivity contribution in [2.45, 2.75) is 51.5 Å². The summed E-state index contributed by atoms with van der Waals surface area (Å²) < 4.78 is 11.2. The van der Waals surface area contributed by atoms with Crippen molar-refractivity contribution in [2.75, 3.05) is 19.8 Å². The molecule has 3 unspecified atom stereocenters. The molecule has 2 heterocycles. The summed E-state index contributed by atoms with van der Waals surface area (Å²) in [5, 5.41) is 3.02. The highest BCUT2D eigenvalue weighted by Gasteiger charge is 2.47. The SMILES string of the molecule is CCC(NC(=O)CCN1C(=O)C2CCCCC2C1=O)c1ccc2c(c1)OCCO2. The monoisotopic (exact) mass is 400 g/mol. The van der Waals surface area contributed by atoms with Gasteiger partial charge in [-0.25, -0.2) is 0 Å². The van der Waals surface area contributed by atoms with E-state index in [9.17, 15) is 14.4 Å². The maximum Gasteiger partial charge on any atom is 0.233 e. The van der Waals surface area contributed by atoms with Crippen LogP contribution in [0.1, 0.15) is 57.1 Å². The standard InChI is InChI=1S/C22H28N2O5/c1-2-17(14-7-8-18-19(13-14)29-12-11-28-18)23-20(25)9-10-24-21(26)15-5-3-4-6-16(15)22(24)27/h7-8,13,15-17H,2-6,9-12H2,1H3,(H,23,25). The zero-order chi connectivity index (χ0) is 20.4. The van der Waals surface area contributed by atoms with Crippen LogP contribution in [0.4, 0.5) is 0 Å². The minimum atomic E-state index is -0.166. The van der Waals surface area contributed by atoms with Crippen LogP contribution in [0.25, 0.3) is 0 Å². The number of carbonyl (C=O) groups excluding carboxylic acids is 3. The van der Waals surface area contributed by atoms with Gasteiger partial charge in [-0.1, -0.05) is 25.8 Å². The van der Waals surface area contributed by atoms with Gasteiger partial charge in [0.2, 0.25) is 17.7 Å². The van der Waals surface area contributed by atoms with Gasteiger partial charge in [0.25, 0.3) is 0 Å². The topological polar surface area (TPSA) is 84.9 Å². The molecule has 1 aliphatic carbocycles. The highest BCUT2D eigenvalue weighted by molar-refractivity contribution is 6.05. The third-order valence-corrected chi connectivity index (χ3v) is 6.21. The van der Waals surface area contributed by atoms with E-state index in [0.29, 0.717) is 24.7 Å². The summed E-state index contributed by atoms with van der Waals surface area (Å²) in [6, 6.07) is 5.54. The minimum absolute atomic E-state index is 0.0913. The summed E-state index contributed by atoms with van der Waals surface area (Å²) in [7, 11) is 0. The van der Waals surface area contributed by atoms with Gasteiger partial charge in [0.05, 0.1) is 17.9 Å². The molecule has 2 aliphatic heterocycles. The van der Waals surface area contributed by atoms with E-state index in [1.54, 1.807) is 0 Å². The van der Waals surface area contributed by atoms with Crippen LogP contribution in [0.5, 0.6) is 11.5 Å². The Labute approximate surface area is 170 Å². The molecule has 1 aromatic rings. The second-order valence-corrected chi connectivity index (χ2v) is 8.01. The van der Waals surface area contributed by atoms with E-state index >= 15 is 0 Å². The number of hydrogen-bond acceptors (Lipinski definition) is 5. The predicted octanol–water partition coefficient (Wildman–Crippen LogP) is 2.59. The third-order valence-electron chi connectivity index (χ3n) is 6.21. The van der Waals surface area contributed by atoms with Crippen LogP contribution in [0.2, 0.25) is 0 Å². The van der Waals surface area contributed by atoms with E-state index in [1.165, 1.54) is 4.90 Å². The van der Waals surface area contributed by atoms with E-state index in [0.717, 1.165) is 37.7 Å². The smallest absolute Gasteiger partial charge is 0.233 e. The van der Waals surface area contributed by atoms with E-state index in [4.69, 9.17) is 9.47 Å². The maximum absolute atomic E-state index is 12.5. The second-order valence-electron chi connectivity index (χ2n) is 8.01. The normalized spacial score (nSPS) is 24.2. The molecule has 3 aliphatic rings. The molecule has 3 atom stereocenters. The zero-order valence-electron chi connectivity index (χ0n) is 16.8. The Hall–Kier alpha value is -2.57. The number of fused-ring (bicyclic) bond motifs is 2. The summed E-state index contributed by atoms with van der Waals surface area (Å²) in [4.78, 5) is 38.9. The molecular formula is C22H28N2O5. The lowest BCUT2D eigenvalue weighted by molar-refractivity contribution is -0.140. The molecule has 0 aromatic heterocycles. The fourth-order valence-corrected chi connectivity index (χ4v) is 4.63. The van der Waals surface area contributed by atoms with Crippen molar-refractivity contribution < 1.29 is 23.9 Å². The average molecular weight is 400 g/mol. The van der Waals surface area contributed by atoms with Gasteiger partial charge in [-0.2, -0.15) is 0 Å². The van der Waals surface area contributed by atoms with Crippen molar-refractivity contribution in [2.24, 2.45) is 11.8 Å². The van der Waals surface area contributed by atoms with Crippen molar-refractivity contribution in [3.05, 3.63) is 23.8 Å². The number of imide groups is 1. The number of likely N-dealkylation sites (tertiary alicyclic amines) is 1. The first kappa shape index (κ1) is 19.7. The van der Waals surface area contributed by atoms with E-state index < -0.39 is 0 Å². The lowest BCUT2D eigenvalue weighted by Crippen LogP contribution is -2.36. The van der Waals surface area contributed by atoms with Gasteiger partial charge in [0.1, 0.15) is 13.2 Å². The number of ether oxygens (including phenoxy) is 2. The molecule has 0 bridgehead atoms. The fraction of sp³-hybridized carbons (Fsp3) is 0.591. The van der Waals surface area contributed by atoms with Crippen molar-refractivity contribution in [3.63, 3.8) is 0 Å². The number of amides is 3. The minimum Gasteiger partial charge on any atom is -0.486 e. The molecule has 1 N–H and O–H groups in total. The van der Waals surface area contributed by atoms with Gasteiger partial charge in [-0.3, -0.25) is 19.3 Å². The molecule has 2 fully saturated rings. The largest absolute Gasteiger partial charge is 0.486 e.